The van der Waals surface area contributed by atoms with E-state index in [-0.39, 0.29) is 17.7 Å². The molecule has 2 aromatic carbocycles. The molecule has 2 aromatic rings. The van der Waals surface area contributed by atoms with Gasteiger partial charge in [-0.15, -0.1) is 0 Å². The normalized spacial score (nSPS) is 19.8. The summed E-state index contributed by atoms with van der Waals surface area (Å²) in [4.78, 5) is 9.72. The van der Waals surface area contributed by atoms with Crippen LogP contribution >= 0.6 is 0 Å². The summed E-state index contributed by atoms with van der Waals surface area (Å²) in [5.74, 6) is -0.824. The lowest BCUT2D eigenvalue weighted by Gasteiger charge is -2.27. The zero-order chi connectivity index (χ0) is 24.4. The van der Waals surface area contributed by atoms with Crippen LogP contribution in [-0.2, 0) is 35.6 Å². The van der Waals surface area contributed by atoms with Gasteiger partial charge in [0, 0.05) is 6.04 Å². The van der Waals surface area contributed by atoms with Crippen molar-refractivity contribution in [3.05, 3.63) is 54.1 Å². The van der Waals surface area contributed by atoms with Crippen LogP contribution < -0.4 is 4.72 Å². The maximum absolute atomic E-state index is 13.6. The summed E-state index contributed by atoms with van der Waals surface area (Å²) in [7, 11) is -7.74. The third-order valence-corrected chi connectivity index (χ3v) is 8.82. The minimum absolute atomic E-state index is 0.179. The van der Waals surface area contributed by atoms with Crippen LogP contribution in [-0.4, -0.2) is 36.0 Å². The fourth-order valence-corrected chi connectivity index (χ4v) is 6.70. The molecule has 0 atom stereocenters. The highest BCUT2D eigenvalue weighted by Crippen LogP contribution is 2.37. The Morgan fingerprint density at radius 1 is 0.939 bits per heavy atom. The molecule has 33 heavy (non-hydrogen) atoms. The summed E-state index contributed by atoms with van der Waals surface area (Å²) >= 11 is 0. The number of alkyl halides is 3. The molecule has 3 rings (SSSR count). The first-order valence-electron chi connectivity index (χ1n) is 9.98. The molecule has 0 aliphatic heterocycles. The number of methoxy groups -OCH3 is 1. The minimum Gasteiger partial charge on any atom is -0.469 e. The molecule has 12 heteroatoms. The molecule has 0 unspecified atom stereocenters. The number of hydrogen-bond acceptors (Lipinski definition) is 6. The Hall–Kier alpha value is -2.44. The second kappa shape index (κ2) is 9.43. The number of benzene rings is 2. The first-order chi connectivity index (χ1) is 15.4. The number of carbonyl (C=O) groups excluding carboxylic acids is 1. The third-order valence-electron chi connectivity index (χ3n) is 5.50. The van der Waals surface area contributed by atoms with Crippen LogP contribution in [0.3, 0.4) is 0 Å². The lowest BCUT2D eigenvalue weighted by Crippen LogP contribution is -2.39. The number of carbonyl (C=O) groups is 1. The molecule has 1 aliphatic rings. The third kappa shape index (κ3) is 5.56. The Bertz CT molecular complexity index is 1220. The Morgan fingerprint density at radius 3 is 2.09 bits per heavy atom. The number of esters is 1. The van der Waals surface area contributed by atoms with E-state index in [1.807, 2.05) is 0 Å². The topological polar surface area (TPSA) is 107 Å². The zero-order valence-electron chi connectivity index (χ0n) is 17.5. The van der Waals surface area contributed by atoms with E-state index in [0.717, 1.165) is 6.07 Å². The Balaban J connectivity index is 1.96. The van der Waals surface area contributed by atoms with Crippen molar-refractivity contribution in [2.24, 2.45) is 5.92 Å². The molecular formula is C21H22F3NO6S2. The maximum atomic E-state index is 13.6. The molecule has 1 fully saturated rings. The molecule has 7 nitrogen and oxygen atoms in total. The van der Waals surface area contributed by atoms with E-state index in [1.54, 1.807) is 6.07 Å². The molecule has 0 amide bonds. The van der Waals surface area contributed by atoms with Gasteiger partial charge in [0.15, 0.2) is 0 Å². The number of hydrogen-bond donors (Lipinski definition) is 1. The van der Waals surface area contributed by atoms with Gasteiger partial charge in [0.2, 0.25) is 19.9 Å². The van der Waals surface area contributed by atoms with Crippen molar-refractivity contribution in [3.8, 4) is 0 Å². The molecule has 0 saturated heterocycles. The molecule has 0 spiro atoms. The predicted molar refractivity (Wildman–Crippen MR) is 111 cm³/mol. The van der Waals surface area contributed by atoms with Crippen LogP contribution in [0.2, 0.25) is 0 Å². The molecule has 0 radical (unpaired) electrons. The van der Waals surface area contributed by atoms with Crippen molar-refractivity contribution in [1.29, 1.82) is 0 Å². The van der Waals surface area contributed by atoms with Crippen LogP contribution in [0.15, 0.2) is 63.2 Å². The van der Waals surface area contributed by atoms with Gasteiger partial charge in [0.25, 0.3) is 0 Å². The molecule has 0 heterocycles. The smallest absolute Gasteiger partial charge is 0.417 e. The van der Waals surface area contributed by atoms with Gasteiger partial charge in [-0.1, -0.05) is 18.2 Å². The van der Waals surface area contributed by atoms with E-state index < -0.39 is 59.3 Å². The van der Waals surface area contributed by atoms with Crippen molar-refractivity contribution in [2.45, 2.75) is 52.6 Å². The van der Waals surface area contributed by atoms with Gasteiger partial charge in [-0.25, -0.2) is 21.6 Å². The Labute approximate surface area is 189 Å². The quantitative estimate of drug-likeness (QED) is 0.602. The van der Waals surface area contributed by atoms with Crippen molar-refractivity contribution in [3.63, 3.8) is 0 Å². The Morgan fingerprint density at radius 2 is 1.55 bits per heavy atom. The highest BCUT2D eigenvalue weighted by Gasteiger charge is 2.39. The average Bonchev–Trinajstić information content (AvgIpc) is 2.78. The molecule has 1 aliphatic carbocycles. The summed E-state index contributed by atoms with van der Waals surface area (Å²) in [5.41, 5.74) is -1.47. The molecule has 0 aromatic heterocycles. The van der Waals surface area contributed by atoms with Gasteiger partial charge < -0.3 is 4.74 Å². The Kier molecular flexibility index (Phi) is 7.20. The summed E-state index contributed by atoms with van der Waals surface area (Å²) in [6, 6.07) is 8.02. The second-order valence-electron chi connectivity index (χ2n) is 7.67. The number of sulfone groups is 1. The molecule has 1 N–H and O–H groups in total. The summed E-state index contributed by atoms with van der Waals surface area (Å²) in [6.07, 6.45) is -3.95. The first-order valence-corrected chi connectivity index (χ1v) is 12.9. The van der Waals surface area contributed by atoms with Crippen LogP contribution in [0.25, 0.3) is 0 Å². The average molecular weight is 506 g/mol. The van der Waals surface area contributed by atoms with Crippen LogP contribution in [0, 0.1) is 5.92 Å². The van der Waals surface area contributed by atoms with Gasteiger partial charge in [0.05, 0.1) is 33.3 Å². The van der Waals surface area contributed by atoms with E-state index in [2.05, 4.69) is 9.46 Å². The van der Waals surface area contributed by atoms with Crippen molar-refractivity contribution >= 4 is 25.8 Å². The van der Waals surface area contributed by atoms with Crippen molar-refractivity contribution < 1.29 is 39.5 Å². The SMILES string of the molecule is COC(=O)C1CCC(NS(=O)(=O)c2cc(S(=O)(=O)c3ccccc3)ccc2C(F)(F)F)CC1. The number of nitrogens with one attached hydrogen (secondary N) is 1. The standard InChI is InChI=1S/C21H22F3NO6S2/c1-31-20(26)14-7-9-15(10-8-14)25-33(29,30)19-13-17(11-12-18(19)21(22,23)24)32(27,28)16-5-3-2-4-6-16/h2-6,11-15,25H,7-10H2,1H3. The van der Waals surface area contributed by atoms with Crippen LogP contribution in [0.4, 0.5) is 13.2 Å². The fourth-order valence-electron chi connectivity index (χ4n) is 3.76. The highest BCUT2D eigenvalue weighted by molar-refractivity contribution is 7.91. The monoisotopic (exact) mass is 505 g/mol. The summed E-state index contributed by atoms with van der Waals surface area (Å²) < 4.78 is 99.3. The number of ether oxygens (including phenoxy) is 1. The molecule has 0 bridgehead atoms. The lowest BCUT2D eigenvalue weighted by atomic mass is 9.86. The van der Waals surface area contributed by atoms with Gasteiger partial charge in [0.1, 0.15) is 0 Å². The van der Waals surface area contributed by atoms with E-state index in [4.69, 9.17) is 0 Å². The zero-order valence-corrected chi connectivity index (χ0v) is 19.1. The first kappa shape index (κ1) is 25.2. The van der Waals surface area contributed by atoms with E-state index in [1.165, 1.54) is 31.4 Å². The molecular weight excluding hydrogens is 483 g/mol. The van der Waals surface area contributed by atoms with E-state index >= 15 is 0 Å². The van der Waals surface area contributed by atoms with Crippen molar-refractivity contribution in [2.75, 3.05) is 7.11 Å². The lowest BCUT2D eigenvalue weighted by molar-refractivity contribution is -0.146. The van der Waals surface area contributed by atoms with Gasteiger partial charge in [-0.3, -0.25) is 4.79 Å². The largest absolute Gasteiger partial charge is 0.469 e. The summed E-state index contributed by atoms with van der Waals surface area (Å²) in [5, 5.41) is 0. The summed E-state index contributed by atoms with van der Waals surface area (Å²) in [6.45, 7) is 0. The van der Waals surface area contributed by atoms with Gasteiger partial charge in [-0.2, -0.15) is 13.2 Å². The van der Waals surface area contributed by atoms with Gasteiger partial charge >= 0.3 is 12.1 Å². The van der Waals surface area contributed by atoms with E-state index in [0.29, 0.717) is 25.0 Å². The minimum atomic E-state index is -5.03. The van der Waals surface area contributed by atoms with Gasteiger partial charge in [-0.05, 0) is 56.0 Å². The predicted octanol–water partition coefficient (Wildman–Crippen LogP) is 3.55. The van der Waals surface area contributed by atoms with E-state index in [9.17, 15) is 34.8 Å². The molecule has 180 valence electrons. The number of rotatable bonds is 6. The maximum Gasteiger partial charge on any atom is 0.417 e. The number of sulfonamides is 1. The highest BCUT2D eigenvalue weighted by atomic mass is 32.2. The van der Waals surface area contributed by atoms with Crippen LogP contribution in [0.1, 0.15) is 31.2 Å². The second-order valence-corrected chi connectivity index (χ2v) is 11.3. The van der Waals surface area contributed by atoms with Crippen molar-refractivity contribution in [1.82, 2.24) is 4.72 Å². The molecule has 1 saturated carbocycles. The fraction of sp³-hybridized carbons (Fsp3) is 0.381. The number of halogens is 3. The van der Waals surface area contributed by atoms with Crippen LogP contribution in [0.5, 0.6) is 0 Å².